The monoisotopic (exact) mass is 251 g/mol. The van der Waals surface area contributed by atoms with E-state index in [0.29, 0.717) is 5.56 Å². The van der Waals surface area contributed by atoms with Crippen molar-refractivity contribution in [3.05, 3.63) is 35.9 Å². The maximum atomic E-state index is 11.7. The molecular weight excluding hydrogens is 238 g/mol. The highest BCUT2D eigenvalue weighted by Crippen LogP contribution is 2.01. The molecule has 1 rings (SSSR count). The Balaban J connectivity index is 2.70. The lowest BCUT2D eigenvalue weighted by Gasteiger charge is -2.13. The molecule has 0 saturated carbocycles. The average Bonchev–Trinajstić information content (AvgIpc) is 2.38. The Morgan fingerprint density at radius 1 is 1.28 bits per heavy atom. The van der Waals surface area contributed by atoms with Crippen molar-refractivity contribution >= 4 is 17.8 Å². The fourth-order valence-electron chi connectivity index (χ4n) is 1.28. The van der Waals surface area contributed by atoms with Crippen LogP contribution in [0.3, 0.4) is 0 Å². The fourth-order valence-corrected chi connectivity index (χ4v) is 1.28. The van der Waals surface area contributed by atoms with Gasteiger partial charge in [-0.1, -0.05) is 18.2 Å². The van der Waals surface area contributed by atoms with E-state index in [2.05, 4.69) is 10.1 Å². The zero-order valence-electron chi connectivity index (χ0n) is 9.75. The van der Waals surface area contributed by atoms with E-state index in [4.69, 9.17) is 5.11 Å². The summed E-state index contributed by atoms with van der Waals surface area (Å²) in [6.45, 7) is 0. The number of methoxy groups -OCH3 is 1. The third-order valence-electron chi connectivity index (χ3n) is 2.24. The normalized spacial score (nSPS) is 11.4. The number of amides is 1. The van der Waals surface area contributed by atoms with Crippen LogP contribution >= 0.6 is 0 Å². The third-order valence-corrected chi connectivity index (χ3v) is 2.24. The molecule has 0 bridgehead atoms. The summed E-state index contributed by atoms with van der Waals surface area (Å²) in [7, 11) is 1.15. The SMILES string of the molecule is COC(=O)C[C@@H](NC(=O)c1ccccc1)C(=O)O. The van der Waals surface area contributed by atoms with Crippen LogP contribution in [0.2, 0.25) is 0 Å². The summed E-state index contributed by atoms with van der Waals surface area (Å²) in [6, 6.07) is 6.85. The Morgan fingerprint density at radius 3 is 2.39 bits per heavy atom. The predicted molar refractivity (Wildman–Crippen MR) is 62.0 cm³/mol. The minimum Gasteiger partial charge on any atom is -0.480 e. The summed E-state index contributed by atoms with van der Waals surface area (Å²) in [6.07, 6.45) is -0.412. The van der Waals surface area contributed by atoms with Crippen LogP contribution in [-0.2, 0) is 14.3 Å². The first-order chi connectivity index (χ1) is 8.54. The topological polar surface area (TPSA) is 92.7 Å². The summed E-state index contributed by atoms with van der Waals surface area (Å²) in [5.74, 6) is -2.53. The molecule has 0 heterocycles. The quantitative estimate of drug-likeness (QED) is 0.740. The van der Waals surface area contributed by atoms with Gasteiger partial charge in [0.1, 0.15) is 6.04 Å². The van der Waals surface area contributed by atoms with Crippen LogP contribution in [0, 0.1) is 0 Å². The standard InChI is InChI=1S/C12H13NO5/c1-18-10(14)7-9(12(16)17)13-11(15)8-5-3-2-4-6-8/h2-6,9H,7H2,1H3,(H,13,15)(H,16,17)/t9-/m1/s1. The van der Waals surface area contributed by atoms with Gasteiger partial charge in [0, 0.05) is 5.56 Å². The van der Waals surface area contributed by atoms with E-state index in [9.17, 15) is 14.4 Å². The van der Waals surface area contributed by atoms with Crippen LogP contribution in [0.5, 0.6) is 0 Å². The maximum absolute atomic E-state index is 11.7. The van der Waals surface area contributed by atoms with Gasteiger partial charge in [-0.2, -0.15) is 0 Å². The van der Waals surface area contributed by atoms with E-state index >= 15 is 0 Å². The highest BCUT2D eigenvalue weighted by atomic mass is 16.5. The number of ether oxygens (including phenoxy) is 1. The molecule has 6 heteroatoms. The Kier molecular flexibility index (Phi) is 4.86. The Labute approximate surface area is 104 Å². The Bertz CT molecular complexity index is 443. The molecular formula is C12H13NO5. The number of aliphatic carboxylic acids is 1. The molecule has 2 N–H and O–H groups in total. The van der Waals surface area contributed by atoms with Crippen LogP contribution in [-0.4, -0.2) is 36.1 Å². The maximum Gasteiger partial charge on any atom is 0.326 e. The van der Waals surface area contributed by atoms with E-state index in [1.807, 2.05) is 0 Å². The van der Waals surface area contributed by atoms with Crippen molar-refractivity contribution in [2.45, 2.75) is 12.5 Å². The number of benzene rings is 1. The van der Waals surface area contributed by atoms with Crippen LogP contribution in [0.1, 0.15) is 16.8 Å². The zero-order chi connectivity index (χ0) is 13.5. The molecule has 0 spiro atoms. The van der Waals surface area contributed by atoms with Gasteiger partial charge < -0.3 is 15.2 Å². The average molecular weight is 251 g/mol. The molecule has 18 heavy (non-hydrogen) atoms. The fraction of sp³-hybridized carbons (Fsp3) is 0.250. The molecule has 0 radical (unpaired) electrons. The van der Waals surface area contributed by atoms with Crippen LogP contribution in [0.25, 0.3) is 0 Å². The van der Waals surface area contributed by atoms with Gasteiger partial charge in [0.15, 0.2) is 0 Å². The molecule has 1 aromatic carbocycles. The molecule has 1 aromatic rings. The second-order valence-electron chi connectivity index (χ2n) is 3.51. The number of hydrogen-bond acceptors (Lipinski definition) is 4. The van der Waals surface area contributed by atoms with E-state index in [-0.39, 0.29) is 0 Å². The first-order valence-corrected chi connectivity index (χ1v) is 5.20. The van der Waals surface area contributed by atoms with E-state index in [1.165, 1.54) is 0 Å². The largest absolute Gasteiger partial charge is 0.480 e. The lowest BCUT2D eigenvalue weighted by Crippen LogP contribution is -2.42. The summed E-state index contributed by atoms with van der Waals surface area (Å²) < 4.78 is 4.36. The number of carbonyl (C=O) groups is 3. The summed E-state index contributed by atoms with van der Waals surface area (Å²) in [5, 5.41) is 11.1. The van der Waals surface area contributed by atoms with E-state index in [1.54, 1.807) is 30.3 Å². The van der Waals surface area contributed by atoms with Crippen LogP contribution < -0.4 is 5.32 Å². The molecule has 1 amide bonds. The highest BCUT2D eigenvalue weighted by molar-refractivity contribution is 5.97. The number of carboxylic acids is 1. The van der Waals surface area contributed by atoms with Crippen molar-refractivity contribution in [1.82, 2.24) is 5.32 Å². The summed E-state index contributed by atoms with van der Waals surface area (Å²) in [4.78, 5) is 33.6. The molecule has 96 valence electrons. The molecule has 0 saturated heterocycles. The number of carboxylic acid groups (broad SMARTS) is 1. The van der Waals surface area contributed by atoms with Gasteiger partial charge in [0.05, 0.1) is 13.5 Å². The molecule has 0 fully saturated rings. The number of hydrogen-bond donors (Lipinski definition) is 2. The van der Waals surface area contributed by atoms with Crippen molar-refractivity contribution in [3.63, 3.8) is 0 Å². The van der Waals surface area contributed by atoms with Crippen molar-refractivity contribution in [2.24, 2.45) is 0 Å². The van der Waals surface area contributed by atoms with Crippen molar-refractivity contribution < 1.29 is 24.2 Å². The van der Waals surface area contributed by atoms with Crippen molar-refractivity contribution in [2.75, 3.05) is 7.11 Å². The molecule has 0 aromatic heterocycles. The molecule has 0 aliphatic carbocycles. The first kappa shape index (κ1) is 13.7. The van der Waals surface area contributed by atoms with Gasteiger partial charge in [-0.15, -0.1) is 0 Å². The van der Waals surface area contributed by atoms with Crippen molar-refractivity contribution in [3.8, 4) is 0 Å². The lowest BCUT2D eigenvalue weighted by atomic mass is 10.1. The summed E-state index contributed by atoms with van der Waals surface area (Å²) in [5.41, 5.74) is 0.327. The Morgan fingerprint density at radius 2 is 1.89 bits per heavy atom. The second-order valence-corrected chi connectivity index (χ2v) is 3.51. The lowest BCUT2D eigenvalue weighted by molar-refractivity contribution is -0.147. The highest BCUT2D eigenvalue weighted by Gasteiger charge is 2.24. The van der Waals surface area contributed by atoms with Crippen LogP contribution in [0.4, 0.5) is 0 Å². The van der Waals surface area contributed by atoms with E-state index in [0.717, 1.165) is 7.11 Å². The van der Waals surface area contributed by atoms with Gasteiger partial charge in [-0.25, -0.2) is 4.79 Å². The molecule has 0 aliphatic rings. The van der Waals surface area contributed by atoms with Gasteiger partial charge in [-0.05, 0) is 12.1 Å². The molecule has 0 unspecified atom stereocenters. The van der Waals surface area contributed by atoms with Gasteiger partial charge in [0.25, 0.3) is 5.91 Å². The van der Waals surface area contributed by atoms with Crippen molar-refractivity contribution in [1.29, 1.82) is 0 Å². The van der Waals surface area contributed by atoms with Gasteiger partial charge >= 0.3 is 11.9 Å². The number of nitrogens with one attached hydrogen (secondary N) is 1. The minimum atomic E-state index is -1.30. The van der Waals surface area contributed by atoms with E-state index < -0.39 is 30.3 Å². The number of carbonyl (C=O) groups excluding carboxylic acids is 2. The van der Waals surface area contributed by atoms with Gasteiger partial charge in [0.2, 0.25) is 0 Å². The third kappa shape index (κ3) is 3.89. The summed E-state index contributed by atoms with van der Waals surface area (Å²) >= 11 is 0. The molecule has 0 aliphatic heterocycles. The molecule has 6 nitrogen and oxygen atoms in total. The predicted octanol–water partition coefficient (Wildman–Crippen LogP) is 0.433. The first-order valence-electron chi connectivity index (χ1n) is 5.20. The second kappa shape index (κ2) is 6.39. The minimum absolute atomic E-state index is 0.327. The Hall–Kier alpha value is -2.37. The zero-order valence-corrected chi connectivity index (χ0v) is 9.75. The van der Waals surface area contributed by atoms with Crippen LogP contribution in [0.15, 0.2) is 30.3 Å². The number of rotatable bonds is 5. The molecule has 1 atom stereocenters. The smallest absolute Gasteiger partial charge is 0.326 e. The van der Waals surface area contributed by atoms with Gasteiger partial charge in [-0.3, -0.25) is 9.59 Å². The number of esters is 1.